The SMILES string of the molecule is CCCCNS(=O)(=O)c1cccc(NC(=O)CCCOc2cccc(C)c2)c1. The van der Waals surface area contributed by atoms with Gasteiger partial charge in [-0.1, -0.05) is 31.5 Å². The van der Waals surface area contributed by atoms with Crippen molar-refractivity contribution in [1.82, 2.24) is 4.72 Å². The number of nitrogens with one attached hydrogen (secondary N) is 2. The quantitative estimate of drug-likeness (QED) is 0.557. The van der Waals surface area contributed by atoms with Crippen LogP contribution in [0.3, 0.4) is 0 Å². The molecule has 2 aromatic carbocycles. The van der Waals surface area contributed by atoms with E-state index < -0.39 is 10.0 Å². The molecule has 0 radical (unpaired) electrons. The molecule has 0 fully saturated rings. The van der Waals surface area contributed by atoms with Gasteiger partial charge in [0, 0.05) is 18.7 Å². The summed E-state index contributed by atoms with van der Waals surface area (Å²) in [6, 6.07) is 14.0. The number of benzene rings is 2. The van der Waals surface area contributed by atoms with E-state index in [0.717, 1.165) is 24.2 Å². The molecule has 0 aliphatic rings. The highest BCUT2D eigenvalue weighted by Crippen LogP contribution is 2.16. The number of carbonyl (C=O) groups excluding carboxylic acids is 1. The van der Waals surface area contributed by atoms with E-state index in [4.69, 9.17) is 4.74 Å². The molecule has 0 atom stereocenters. The van der Waals surface area contributed by atoms with Crippen LogP contribution in [0.5, 0.6) is 5.75 Å². The topological polar surface area (TPSA) is 84.5 Å². The highest BCUT2D eigenvalue weighted by molar-refractivity contribution is 7.89. The molecule has 152 valence electrons. The number of rotatable bonds is 11. The first-order chi connectivity index (χ1) is 13.4. The van der Waals surface area contributed by atoms with Crippen LogP contribution in [0.1, 0.15) is 38.2 Å². The van der Waals surface area contributed by atoms with Crippen LogP contribution in [0.25, 0.3) is 0 Å². The number of unbranched alkanes of at least 4 members (excludes halogenated alkanes) is 1. The Bertz CT molecular complexity index is 881. The Morgan fingerprint density at radius 2 is 1.86 bits per heavy atom. The minimum Gasteiger partial charge on any atom is -0.494 e. The van der Waals surface area contributed by atoms with Gasteiger partial charge in [0.2, 0.25) is 15.9 Å². The lowest BCUT2D eigenvalue weighted by Crippen LogP contribution is -2.24. The lowest BCUT2D eigenvalue weighted by atomic mass is 10.2. The normalized spacial score (nSPS) is 11.2. The number of anilines is 1. The minimum absolute atomic E-state index is 0.143. The van der Waals surface area contributed by atoms with E-state index >= 15 is 0 Å². The van der Waals surface area contributed by atoms with Gasteiger partial charge in [0.1, 0.15) is 5.75 Å². The molecule has 6 nitrogen and oxygen atoms in total. The van der Waals surface area contributed by atoms with E-state index in [2.05, 4.69) is 10.0 Å². The minimum atomic E-state index is -3.57. The fraction of sp³-hybridized carbons (Fsp3) is 0.381. The summed E-state index contributed by atoms with van der Waals surface area (Å²) >= 11 is 0. The molecule has 0 aliphatic heterocycles. The predicted molar refractivity (Wildman–Crippen MR) is 111 cm³/mol. The Morgan fingerprint density at radius 1 is 1.07 bits per heavy atom. The Labute approximate surface area is 167 Å². The van der Waals surface area contributed by atoms with Gasteiger partial charge >= 0.3 is 0 Å². The summed E-state index contributed by atoms with van der Waals surface area (Å²) in [6.45, 7) is 4.83. The molecule has 2 aromatic rings. The van der Waals surface area contributed by atoms with Crippen molar-refractivity contribution in [1.29, 1.82) is 0 Å². The van der Waals surface area contributed by atoms with Crippen molar-refractivity contribution in [3.05, 3.63) is 54.1 Å². The number of aryl methyl sites for hydroxylation is 1. The zero-order valence-corrected chi connectivity index (χ0v) is 17.2. The van der Waals surface area contributed by atoms with Gasteiger partial charge in [-0.3, -0.25) is 4.79 Å². The summed E-state index contributed by atoms with van der Waals surface area (Å²) in [5.74, 6) is 0.607. The first kappa shape index (κ1) is 21.9. The van der Waals surface area contributed by atoms with E-state index in [1.165, 1.54) is 12.1 Å². The van der Waals surface area contributed by atoms with Crippen molar-refractivity contribution >= 4 is 21.6 Å². The molecule has 0 unspecified atom stereocenters. The Kier molecular flexibility index (Phi) is 8.47. The molecule has 0 bridgehead atoms. The van der Waals surface area contributed by atoms with Crippen LogP contribution in [0.2, 0.25) is 0 Å². The van der Waals surface area contributed by atoms with Gasteiger partial charge in [0.25, 0.3) is 0 Å². The van der Waals surface area contributed by atoms with Crippen LogP contribution in [-0.4, -0.2) is 27.5 Å². The molecule has 0 aliphatic carbocycles. The van der Waals surface area contributed by atoms with Crippen LogP contribution < -0.4 is 14.8 Å². The molecule has 2 N–H and O–H groups in total. The second-order valence-electron chi connectivity index (χ2n) is 6.60. The molecule has 2 rings (SSSR count). The van der Waals surface area contributed by atoms with Crippen LogP contribution in [0.15, 0.2) is 53.4 Å². The zero-order chi connectivity index (χ0) is 20.4. The van der Waals surface area contributed by atoms with E-state index in [1.807, 2.05) is 38.1 Å². The Morgan fingerprint density at radius 3 is 2.61 bits per heavy atom. The Balaban J connectivity index is 1.81. The molecule has 7 heteroatoms. The van der Waals surface area contributed by atoms with Crippen molar-refractivity contribution in [3.8, 4) is 5.75 Å². The van der Waals surface area contributed by atoms with E-state index in [1.54, 1.807) is 12.1 Å². The predicted octanol–water partition coefficient (Wildman–Crippen LogP) is 3.87. The molecule has 0 aromatic heterocycles. The van der Waals surface area contributed by atoms with E-state index in [9.17, 15) is 13.2 Å². The molecule has 0 spiro atoms. The van der Waals surface area contributed by atoms with Gasteiger partial charge in [-0.25, -0.2) is 13.1 Å². The summed E-state index contributed by atoms with van der Waals surface area (Å²) < 4.78 is 32.7. The number of sulfonamides is 1. The molecule has 0 saturated carbocycles. The summed E-state index contributed by atoms with van der Waals surface area (Å²) in [4.78, 5) is 12.3. The second-order valence-corrected chi connectivity index (χ2v) is 8.36. The molecular weight excluding hydrogens is 376 g/mol. The third-order valence-corrected chi connectivity index (χ3v) is 5.52. The fourth-order valence-corrected chi connectivity index (χ4v) is 3.68. The van der Waals surface area contributed by atoms with E-state index in [0.29, 0.717) is 25.3 Å². The van der Waals surface area contributed by atoms with Crippen LogP contribution in [0, 0.1) is 6.92 Å². The highest BCUT2D eigenvalue weighted by atomic mass is 32.2. The number of hydrogen-bond donors (Lipinski definition) is 2. The summed E-state index contributed by atoms with van der Waals surface area (Å²) in [5, 5.41) is 2.74. The standard InChI is InChI=1S/C21H28N2O4S/c1-3-4-13-22-28(25,26)20-11-6-9-18(16-20)23-21(24)12-7-14-27-19-10-5-8-17(2)15-19/h5-6,8-11,15-16,22H,3-4,7,12-14H2,1-2H3,(H,23,24). The van der Waals surface area contributed by atoms with Crippen LogP contribution in [0.4, 0.5) is 5.69 Å². The summed E-state index contributed by atoms with van der Waals surface area (Å²) in [6.07, 6.45) is 2.54. The smallest absolute Gasteiger partial charge is 0.240 e. The fourth-order valence-electron chi connectivity index (χ4n) is 2.56. The first-order valence-corrected chi connectivity index (χ1v) is 11.0. The van der Waals surface area contributed by atoms with Crippen molar-refractivity contribution in [2.75, 3.05) is 18.5 Å². The van der Waals surface area contributed by atoms with Gasteiger partial charge in [-0.15, -0.1) is 0 Å². The van der Waals surface area contributed by atoms with Crippen LogP contribution in [-0.2, 0) is 14.8 Å². The van der Waals surface area contributed by atoms with Crippen molar-refractivity contribution in [2.24, 2.45) is 0 Å². The third kappa shape index (κ3) is 7.32. The van der Waals surface area contributed by atoms with Crippen molar-refractivity contribution < 1.29 is 17.9 Å². The molecule has 0 saturated heterocycles. The largest absolute Gasteiger partial charge is 0.494 e. The second kappa shape index (κ2) is 10.8. The van der Waals surface area contributed by atoms with Crippen molar-refractivity contribution in [2.45, 2.75) is 44.4 Å². The maximum absolute atomic E-state index is 12.3. The maximum Gasteiger partial charge on any atom is 0.240 e. The van der Waals surface area contributed by atoms with Crippen molar-refractivity contribution in [3.63, 3.8) is 0 Å². The van der Waals surface area contributed by atoms with Gasteiger partial charge in [0.05, 0.1) is 11.5 Å². The third-order valence-electron chi connectivity index (χ3n) is 4.06. The highest BCUT2D eigenvalue weighted by Gasteiger charge is 2.14. The van der Waals surface area contributed by atoms with E-state index in [-0.39, 0.29) is 17.2 Å². The zero-order valence-electron chi connectivity index (χ0n) is 16.4. The maximum atomic E-state index is 12.3. The lowest BCUT2D eigenvalue weighted by Gasteiger charge is -2.10. The van der Waals surface area contributed by atoms with Crippen LogP contribution >= 0.6 is 0 Å². The van der Waals surface area contributed by atoms with Gasteiger partial charge in [0.15, 0.2) is 0 Å². The monoisotopic (exact) mass is 404 g/mol. The lowest BCUT2D eigenvalue weighted by molar-refractivity contribution is -0.116. The number of carbonyl (C=O) groups is 1. The number of amides is 1. The average Bonchev–Trinajstić information content (AvgIpc) is 2.66. The number of hydrogen-bond acceptors (Lipinski definition) is 4. The molecule has 1 amide bonds. The van der Waals surface area contributed by atoms with Gasteiger partial charge in [-0.05, 0) is 55.7 Å². The van der Waals surface area contributed by atoms with Gasteiger partial charge in [-0.2, -0.15) is 0 Å². The Hall–Kier alpha value is -2.38. The molecule has 28 heavy (non-hydrogen) atoms. The molecule has 0 heterocycles. The molecular formula is C21H28N2O4S. The summed E-state index contributed by atoms with van der Waals surface area (Å²) in [7, 11) is -3.57. The van der Waals surface area contributed by atoms with Gasteiger partial charge < -0.3 is 10.1 Å². The average molecular weight is 405 g/mol. The first-order valence-electron chi connectivity index (χ1n) is 9.50. The number of ether oxygens (including phenoxy) is 1. The summed E-state index contributed by atoms with van der Waals surface area (Å²) in [5.41, 5.74) is 1.58.